The molecule has 0 radical (unpaired) electrons. The van der Waals surface area contributed by atoms with Gasteiger partial charge in [0.25, 0.3) is 5.91 Å². The highest BCUT2D eigenvalue weighted by Gasteiger charge is 2.36. The van der Waals surface area contributed by atoms with Crippen LogP contribution in [0.4, 0.5) is 14.6 Å². The van der Waals surface area contributed by atoms with E-state index in [4.69, 9.17) is 0 Å². The number of amides is 1. The minimum absolute atomic E-state index is 0.112. The highest BCUT2D eigenvalue weighted by atomic mass is 32.2. The summed E-state index contributed by atoms with van der Waals surface area (Å²) in [6.45, 7) is 0.330. The minimum atomic E-state index is -1.09. The Kier molecular flexibility index (Phi) is 6.29. The zero-order valence-corrected chi connectivity index (χ0v) is 19.7. The number of nitrogens with zero attached hydrogens (tertiary/aromatic N) is 4. The molecule has 3 heterocycles. The molecule has 2 aromatic heterocycles. The first-order valence-corrected chi connectivity index (χ1v) is 12.3. The molecule has 1 amide bonds. The van der Waals surface area contributed by atoms with Gasteiger partial charge in [-0.2, -0.15) is 0 Å². The number of benzene rings is 2. The Bertz CT molecular complexity index is 1400. The van der Waals surface area contributed by atoms with Crippen molar-refractivity contribution in [2.24, 2.45) is 0 Å². The van der Waals surface area contributed by atoms with E-state index in [1.54, 1.807) is 42.5 Å². The molecule has 0 bridgehead atoms. The van der Waals surface area contributed by atoms with E-state index in [1.807, 2.05) is 11.2 Å². The van der Waals surface area contributed by atoms with Gasteiger partial charge in [-0.1, -0.05) is 12.1 Å². The van der Waals surface area contributed by atoms with E-state index < -0.39 is 6.17 Å². The van der Waals surface area contributed by atoms with Crippen molar-refractivity contribution in [3.8, 4) is 5.75 Å². The van der Waals surface area contributed by atoms with Gasteiger partial charge in [-0.25, -0.2) is 18.3 Å². The lowest BCUT2D eigenvalue weighted by Gasteiger charge is -2.27. The number of carbonyl (C=O) groups excluding carboxylic acids is 1. The van der Waals surface area contributed by atoms with Crippen molar-refractivity contribution in [3.63, 3.8) is 0 Å². The lowest BCUT2D eigenvalue weighted by molar-refractivity contribution is 0.0944. The average molecular weight is 496 g/mol. The molecule has 0 aliphatic carbocycles. The Morgan fingerprint density at radius 1 is 1.23 bits per heavy atom. The number of carbonyl (C=O) groups is 1. The van der Waals surface area contributed by atoms with Crippen LogP contribution in [-0.2, 0) is 6.54 Å². The first-order valence-electron chi connectivity index (χ1n) is 11.1. The summed E-state index contributed by atoms with van der Waals surface area (Å²) in [5.41, 5.74) is 2.16. The molecule has 7 nitrogen and oxygen atoms in total. The summed E-state index contributed by atoms with van der Waals surface area (Å²) in [4.78, 5) is 19.8. The van der Waals surface area contributed by atoms with Crippen molar-refractivity contribution in [2.75, 3.05) is 17.7 Å². The van der Waals surface area contributed by atoms with Crippen LogP contribution in [0.25, 0.3) is 5.65 Å². The van der Waals surface area contributed by atoms with Crippen LogP contribution in [0.1, 0.15) is 34.1 Å². The van der Waals surface area contributed by atoms with Gasteiger partial charge in [-0.15, -0.1) is 16.9 Å². The van der Waals surface area contributed by atoms with Gasteiger partial charge < -0.3 is 15.3 Å². The molecule has 180 valence electrons. The Balaban J connectivity index is 1.44. The SMILES string of the molecule is CSc1ccc(F)cc1C1CC(F)CN1c1ccc2ncc(C(=O)NCc3cccc(O)c3)n2n1. The highest BCUT2D eigenvalue weighted by molar-refractivity contribution is 7.98. The van der Waals surface area contributed by atoms with E-state index in [2.05, 4.69) is 15.4 Å². The number of phenolic OH excluding ortho intramolecular Hbond substituents is 1. The first kappa shape index (κ1) is 23.1. The number of alkyl halides is 1. The Morgan fingerprint density at radius 3 is 2.89 bits per heavy atom. The predicted molar refractivity (Wildman–Crippen MR) is 130 cm³/mol. The molecule has 2 atom stereocenters. The molecule has 10 heteroatoms. The van der Waals surface area contributed by atoms with E-state index in [1.165, 1.54) is 34.6 Å². The van der Waals surface area contributed by atoms with Gasteiger partial charge in [0.05, 0.1) is 18.8 Å². The normalized spacial score (nSPS) is 17.7. The third-order valence-corrected chi connectivity index (χ3v) is 6.85. The highest BCUT2D eigenvalue weighted by Crippen LogP contribution is 2.40. The number of nitrogens with one attached hydrogen (secondary N) is 1. The zero-order valence-electron chi connectivity index (χ0n) is 18.9. The number of aromatic hydroxyl groups is 1. The zero-order chi connectivity index (χ0) is 24.5. The van der Waals surface area contributed by atoms with E-state index in [9.17, 15) is 18.7 Å². The van der Waals surface area contributed by atoms with Crippen molar-refractivity contribution in [3.05, 3.63) is 83.4 Å². The molecule has 0 spiro atoms. The van der Waals surface area contributed by atoms with E-state index in [0.717, 1.165) is 10.5 Å². The standard InChI is InChI=1S/C25H23F2N5O2S/c1-35-22-6-5-16(26)10-19(22)20-11-17(27)14-31(20)24-8-7-23-28-13-21(32(23)30-24)25(34)29-12-15-3-2-4-18(33)9-15/h2-10,13,17,20,33H,11-12,14H2,1H3,(H,29,34). The van der Waals surface area contributed by atoms with Crippen molar-refractivity contribution in [2.45, 2.75) is 30.1 Å². The number of fused-ring (bicyclic) bond motifs is 1. The van der Waals surface area contributed by atoms with Gasteiger partial charge in [-0.3, -0.25) is 4.79 Å². The van der Waals surface area contributed by atoms with Crippen LogP contribution >= 0.6 is 11.8 Å². The van der Waals surface area contributed by atoms with E-state index in [-0.39, 0.29) is 48.7 Å². The smallest absolute Gasteiger partial charge is 0.271 e. The Morgan fingerprint density at radius 2 is 2.09 bits per heavy atom. The van der Waals surface area contributed by atoms with Crippen molar-refractivity contribution < 1.29 is 18.7 Å². The maximum Gasteiger partial charge on any atom is 0.271 e. The maximum absolute atomic E-state index is 14.6. The molecule has 1 saturated heterocycles. The number of rotatable bonds is 6. The molecule has 2 unspecified atom stereocenters. The topological polar surface area (TPSA) is 82.8 Å². The number of aromatic nitrogens is 3. The molecule has 5 rings (SSSR count). The summed E-state index contributed by atoms with van der Waals surface area (Å²) >= 11 is 1.48. The number of thioether (sulfide) groups is 1. The van der Waals surface area contributed by atoms with Gasteiger partial charge in [0.15, 0.2) is 11.3 Å². The molecule has 2 aromatic carbocycles. The van der Waals surface area contributed by atoms with Crippen LogP contribution < -0.4 is 10.2 Å². The van der Waals surface area contributed by atoms with Crippen LogP contribution in [0.5, 0.6) is 5.75 Å². The first-order chi connectivity index (χ1) is 16.9. The number of phenols is 1. The summed E-state index contributed by atoms with van der Waals surface area (Å²) < 4.78 is 30.1. The third kappa shape index (κ3) is 4.66. The van der Waals surface area contributed by atoms with Crippen LogP contribution in [0.3, 0.4) is 0 Å². The summed E-state index contributed by atoms with van der Waals surface area (Å²) in [5.74, 6) is -0.170. The van der Waals surface area contributed by atoms with Gasteiger partial charge in [-0.05, 0) is 59.8 Å². The average Bonchev–Trinajstić information content (AvgIpc) is 3.45. The molecule has 1 aliphatic heterocycles. The summed E-state index contributed by atoms with van der Waals surface area (Å²) in [7, 11) is 0. The number of imidazole rings is 1. The molecule has 1 aliphatic rings. The molecular weight excluding hydrogens is 472 g/mol. The minimum Gasteiger partial charge on any atom is -0.508 e. The van der Waals surface area contributed by atoms with Crippen LogP contribution in [0.15, 0.2) is 65.7 Å². The Hall–Kier alpha value is -3.66. The number of halogens is 2. The van der Waals surface area contributed by atoms with Gasteiger partial charge in [0, 0.05) is 17.9 Å². The molecule has 0 saturated carbocycles. The maximum atomic E-state index is 14.6. The van der Waals surface area contributed by atoms with E-state index in [0.29, 0.717) is 17.0 Å². The summed E-state index contributed by atoms with van der Waals surface area (Å²) in [6, 6.07) is 14.3. The second-order valence-corrected chi connectivity index (χ2v) is 9.19. The fourth-order valence-electron chi connectivity index (χ4n) is 4.41. The van der Waals surface area contributed by atoms with Gasteiger partial charge >= 0.3 is 0 Å². The van der Waals surface area contributed by atoms with Crippen LogP contribution in [0.2, 0.25) is 0 Å². The van der Waals surface area contributed by atoms with Crippen molar-refractivity contribution >= 4 is 29.1 Å². The second kappa shape index (κ2) is 9.53. The molecule has 35 heavy (non-hydrogen) atoms. The lowest BCUT2D eigenvalue weighted by Crippen LogP contribution is -2.27. The van der Waals surface area contributed by atoms with Gasteiger partial charge in [0.2, 0.25) is 0 Å². The van der Waals surface area contributed by atoms with Crippen molar-refractivity contribution in [1.82, 2.24) is 19.9 Å². The predicted octanol–water partition coefficient (Wildman–Crippen LogP) is 4.52. The number of anilines is 1. The Labute approximate surface area is 204 Å². The summed E-state index contributed by atoms with van der Waals surface area (Å²) in [5, 5.41) is 17.0. The molecule has 4 aromatic rings. The fraction of sp³-hybridized carbons (Fsp3) is 0.240. The largest absolute Gasteiger partial charge is 0.508 e. The van der Waals surface area contributed by atoms with Crippen molar-refractivity contribution in [1.29, 1.82) is 0 Å². The second-order valence-electron chi connectivity index (χ2n) is 8.34. The molecule has 2 N–H and O–H groups in total. The van der Waals surface area contributed by atoms with Crippen LogP contribution in [0, 0.1) is 5.82 Å². The number of hydrogen-bond acceptors (Lipinski definition) is 6. The molecule has 1 fully saturated rings. The lowest BCUT2D eigenvalue weighted by atomic mass is 10.0. The quantitative estimate of drug-likeness (QED) is 0.383. The van der Waals surface area contributed by atoms with Crippen LogP contribution in [-0.4, -0.2) is 44.6 Å². The fourth-order valence-corrected chi connectivity index (χ4v) is 5.04. The summed E-state index contributed by atoms with van der Waals surface area (Å²) in [6.07, 6.45) is 2.46. The molecular formula is C25H23F2N5O2S. The number of hydrogen-bond donors (Lipinski definition) is 2. The van der Waals surface area contributed by atoms with Gasteiger partial charge in [0.1, 0.15) is 23.6 Å². The third-order valence-electron chi connectivity index (χ3n) is 6.04. The monoisotopic (exact) mass is 495 g/mol. The van der Waals surface area contributed by atoms with E-state index >= 15 is 0 Å².